The molecule has 0 saturated carbocycles. The van der Waals surface area contributed by atoms with E-state index in [1.807, 2.05) is 18.4 Å². The number of amides is 1. The summed E-state index contributed by atoms with van der Waals surface area (Å²) in [6.45, 7) is 1.99. The van der Waals surface area contributed by atoms with Crippen LogP contribution in [-0.2, 0) is 6.42 Å². The lowest BCUT2D eigenvalue weighted by Crippen LogP contribution is -2.36. The summed E-state index contributed by atoms with van der Waals surface area (Å²) in [5.74, 6) is 0.307. The standard InChI is InChI=1S/C16H19NO3S/c1-11(9-13-5-4-8-21-13)17(2)16(19)14-10-12(20-3)6-7-15(14)18/h4-8,10-11,18H,9H2,1-3H3. The Balaban J connectivity index is 2.14. The summed E-state index contributed by atoms with van der Waals surface area (Å²) in [5.41, 5.74) is 0.259. The van der Waals surface area contributed by atoms with Crippen molar-refractivity contribution in [3.8, 4) is 11.5 Å². The van der Waals surface area contributed by atoms with Gasteiger partial charge in [0.15, 0.2) is 0 Å². The number of ether oxygens (including phenoxy) is 1. The lowest BCUT2D eigenvalue weighted by Gasteiger charge is -2.25. The average Bonchev–Trinajstić information content (AvgIpc) is 2.99. The minimum absolute atomic E-state index is 0.0315. The Hall–Kier alpha value is -2.01. The van der Waals surface area contributed by atoms with Crippen molar-refractivity contribution in [2.24, 2.45) is 0 Å². The molecule has 0 radical (unpaired) electrons. The van der Waals surface area contributed by atoms with Crippen LogP contribution in [0.4, 0.5) is 0 Å². The number of thiophene rings is 1. The first-order chi connectivity index (χ1) is 10.0. The molecule has 5 heteroatoms. The quantitative estimate of drug-likeness (QED) is 0.923. The van der Waals surface area contributed by atoms with Crippen molar-refractivity contribution < 1.29 is 14.6 Å². The van der Waals surface area contributed by atoms with E-state index in [4.69, 9.17) is 4.74 Å². The largest absolute Gasteiger partial charge is 0.507 e. The van der Waals surface area contributed by atoms with E-state index in [2.05, 4.69) is 6.07 Å². The molecule has 0 saturated heterocycles. The normalized spacial score (nSPS) is 12.0. The van der Waals surface area contributed by atoms with Crippen molar-refractivity contribution in [3.63, 3.8) is 0 Å². The maximum absolute atomic E-state index is 12.5. The maximum Gasteiger partial charge on any atom is 0.257 e. The molecule has 0 bridgehead atoms. The van der Waals surface area contributed by atoms with Crippen LogP contribution in [0.25, 0.3) is 0 Å². The first kappa shape index (κ1) is 15.4. The Labute approximate surface area is 128 Å². The number of aromatic hydroxyl groups is 1. The Morgan fingerprint density at radius 2 is 2.19 bits per heavy atom. The summed E-state index contributed by atoms with van der Waals surface area (Å²) in [6.07, 6.45) is 0.796. The fraction of sp³-hybridized carbons (Fsp3) is 0.312. The predicted octanol–water partition coefficient (Wildman–Crippen LogP) is 3.17. The molecule has 1 aromatic carbocycles. The van der Waals surface area contributed by atoms with Crippen LogP contribution in [-0.4, -0.2) is 36.1 Å². The summed E-state index contributed by atoms with van der Waals surface area (Å²) in [7, 11) is 3.28. The molecule has 1 amide bonds. The van der Waals surface area contributed by atoms with E-state index in [1.165, 1.54) is 18.1 Å². The van der Waals surface area contributed by atoms with E-state index in [-0.39, 0.29) is 23.3 Å². The van der Waals surface area contributed by atoms with Crippen LogP contribution in [0.2, 0.25) is 0 Å². The number of nitrogens with zero attached hydrogens (tertiary/aromatic N) is 1. The first-order valence-electron chi connectivity index (χ1n) is 6.69. The van der Waals surface area contributed by atoms with E-state index < -0.39 is 0 Å². The van der Waals surface area contributed by atoms with Crippen molar-refractivity contribution in [2.45, 2.75) is 19.4 Å². The third-order valence-corrected chi connectivity index (χ3v) is 4.39. The van der Waals surface area contributed by atoms with Gasteiger partial charge in [-0.05, 0) is 36.6 Å². The van der Waals surface area contributed by atoms with Gasteiger partial charge in [-0.25, -0.2) is 0 Å². The molecule has 4 nitrogen and oxygen atoms in total. The molecule has 112 valence electrons. The molecule has 1 heterocycles. The summed E-state index contributed by atoms with van der Waals surface area (Å²) < 4.78 is 5.11. The second-order valence-electron chi connectivity index (χ2n) is 4.93. The zero-order chi connectivity index (χ0) is 15.4. The van der Waals surface area contributed by atoms with Crippen molar-refractivity contribution in [3.05, 3.63) is 46.2 Å². The van der Waals surface area contributed by atoms with Crippen LogP contribution < -0.4 is 4.74 Å². The average molecular weight is 305 g/mol. The van der Waals surface area contributed by atoms with Gasteiger partial charge in [0.2, 0.25) is 0 Å². The summed E-state index contributed by atoms with van der Waals surface area (Å²) in [5, 5.41) is 11.9. The third-order valence-electron chi connectivity index (χ3n) is 3.49. The van der Waals surface area contributed by atoms with Gasteiger partial charge in [-0.3, -0.25) is 4.79 Å². The molecule has 0 spiro atoms. The topological polar surface area (TPSA) is 49.8 Å². The molecule has 1 aromatic heterocycles. The highest BCUT2D eigenvalue weighted by Crippen LogP contribution is 2.25. The molecular formula is C16H19NO3S. The van der Waals surface area contributed by atoms with Crippen LogP contribution in [0.3, 0.4) is 0 Å². The molecule has 1 atom stereocenters. The number of hydrogen-bond donors (Lipinski definition) is 1. The van der Waals surface area contributed by atoms with E-state index >= 15 is 0 Å². The smallest absolute Gasteiger partial charge is 0.257 e. The summed E-state index contributed by atoms with van der Waals surface area (Å²) >= 11 is 1.68. The number of carbonyl (C=O) groups is 1. The Morgan fingerprint density at radius 3 is 2.81 bits per heavy atom. The van der Waals surface area contributed by atoms with E-state index in [0.29, 0.717) is 5.75 Å². The second kappa shape index (κ2) is 6.63. The van der Waals surface area contributed by atoms with Gasteiger partial charge in [-0.15, -0.1) is 11.3 Å². The number of phenolic OH excluding ortho intramolecular Hbond substituents is 1. The molecule has 21 heavy (non-hydrogen) atoms. The molecule has 0 aliphatic carbocycles. The van der Waals surface area contributed by atoms with Crippen LogP contribution >= 0.6 is 11.3 Å². The monoisotopic (exact) mass is 305 g/mol. The number of benzene rings is 1. The fourth-order valence-corrected chi connectivity index (χ4v) is 2.89. The molecule has 1 N–H and O–H groups in total. The van der Waals surface area contributed by atoms with Gasteiger partial charge in [0.05, 0.1) is 12.7 Å². The van der Waals surface area contributed by atoms with Crippen LogP contribution in [0.1, 0.15) is 22.2 Å². The van der Waals surface area contributed by atoms with Crippen LogP contribution in [0, 0.1) is 0 Å². The van der Waals surface area contributed by atoms with Gasteiger partial charge in [-0.1, -0.05) is 6.07 Å². The van der Waals surface area contributed by atoms with Gasteiger partial charge >= 0.3 is 0 Å². The SMILES string of the molecule is COc1ccc(O)c(C(=O)N(C)C(C)Cc2cccs2)c1. The number of hydrogen-bond acceptors (Lipinski definition) is 4. The molecule has 0 fully saturated rings. The lowest BCUT2D eigenvalue weighted by molar-refractivity contribution is 0.0740. The predicted molar refractivity (Wildman–Crippen MR) is 84.2 cm³/mol. The van der Waals surface area contributed by atoms with Gasteiger partial charge in [-0.2, -0.15) is 0 Å². The molecule has 0 aliphatic rings. The molecule has 0 aliphatic heterocycles. The first-order valence-corrected chi connectivity index (χ1v) is 7.57. The summed E-state index contributed by atoms with van der Waals surface area (Å²) in [4.78, 5) is 15.4. The van der Waals surface area contributed by atoms with Crippen LogP contribution in [0.5, 0.6) is 11.5 Å². The van der Waals surface area contributed by atoms with Gasteiger partial charge < -0.3 is 14.7 Å². The van der Waals surface area contributed by atoms with Gasteiger partial charge in [0.25, 0.3) is 5.91 Å². The zero-order valence-corrected chi connectivity index (χ0v) is 13.2. The minimum atomic E-state index is -0.213. The zero-order valence-electron chi connectivity index (χ0n) is 12.4. The Bertz CT molecular complexity index is 610. The Morgan fingerprint density at radius 1 is 1.43 bits per heavy atom. The maximum atomic E-state index is 12.5. The van der Waals surface area contributed by atoms with E-state index in [0.717, 1.165) is 6.42 Å². The summed E-state index contributed by atoms with van der Waals surface area (Å²) in [6, 6.07) is 8.77. The lowest BCUT2D eigenvalue weighted by atomic mass is 10.1. The highest BCUT2D eigenvalue weighted by molar-refractivity contribution is 7.09. The van der Waals surface area contributed by atoms with Crippen molar-refractivity contribution >= 4 is 17.2 Å². The van der Waals surface area contributed by atoms with Crippen molar-refractivity contribution in [2.75, 3.05) is 14.2 Å². The number of likely N-dealkylation sites (N-methyl/N-ethyl adjacent to an activating group) is 1. The third kappa shape index (κ3) is 3.55. The van der Waals surface area contributed by atoms with E-state index in [1.54, 1.807) is 35.4 Å². The minimum Gasteiger partial charge on any atom is -0.507 e. The molecular weight excluding hydrogens is 286 g/mol. The highest BCUT2D eigenvalue weighted by Gasteiger charge is 2.21. The number of carbonyl (C=O) groups excluding carboxylic acids is 1. The van der Waals surface area contributed by atoms with Gasteiger partial charge in [0, 0.05) is 24.4 Å². The van der Waals surface area contributed by atoms with E-state index in [9.17, 15) is 9.90 Å². The Kier molecular flexibility index (Phi) is 4.85. The molecule has 2 rings (SSSR count). The number of methoxy groups -OCH3 is 1. The number of rotatable bonds is 5. The molecule has 2 aromatic rings. The fourth-order valence-electron chi connectivity index (χ4n) is 2.06. The van der Waals surface area contributed by atoms with Gasteiger partial charge in [0.1, 0.15) is 11.5 Å². The highest BCUT2D eigenvalue weighted by atomic mass is 32.1. The van der Waals surface area contributed by atoms with Crippen molar-refractivity contribution in [1.82, 2.24) is 4.90 Å². The number of phenols is 1. The second-order valence-corrected chi connectivity index (χ2v) is 5.96. The van der Waals surface area contributed by atoms with Crippen LogP contribution in [0.15, 0.2) is 35.7 Å². The van der Waals surface area contributed by atoms with Crippen molar-refractivity contribution in [1.29, 1.82) is 0 Å². The molecule has 1 unspecified atom stereocenters.